The Labute approximate surface area is 110 Å². The standard InChI is InChI=1S/C13H18O6/c14-6-9(15)12-10(16)11(17)13(19-12)18-7-8-4-2-1-3-5-8/h1-5,9-17H,6-7H2/t9-,10-,11-,12+,13+/m1/s1. The van der Waals surface area contributed by atoms with E-state index < -0.39 is 37.3 Å². The van der Waals surface area contributed by atoms with Gasteiger partial charge in [0, 0.05) is 0 Å². The molecule has 0 bridgehead atoms. The molecule has 106 valence electrons. The van der Waals surface area contributed by atoms with Gasteiger partial charge in [-0.1, -0.05) is 30.3 Å². The third kappa shape index (κ3) is 3.30. The predicted octanol–water partition coefficient (Wildman–Crippen LogP) is -0.997. The lowest BCUT2D eigenvalue weighted by molar-refractivity contribution is -0.186. The zero-order valence-electron chi connectivity index (χ0n) is 10.3. The van der Waals surface area contributed by atoms with Gasteiger partial charge in [0.2, 0.25) is 0 Å². The highest BCUT2D eigenvalue weighted by atomic mass is 16.7. The van der Waals surface area contributed by atoms with Gasteiger partial charge in [-0.3, -0.25) is 0 Å². The van der Waals surface area contributed by atoms with E-state index in [1.807, 2.05) is 30.3 Å². The summed E-state index contributed by atoms with van der Waals surface area (Å²) in [5.74, 6) is 0. The molecule has 0 radical (unpaired) electrons. The van der Waals surface area contributed by atoms with Crippen LogP contribution < -0.4 is 0 Å². The molecule has 0 spiro atoms. The molecule has 2 rings (SSSR count). The van der Waals surface area contributed by atoms with E-state index in [0.717, 1.165) is 5.56 Å². The summed E-state index contributed by atoms with van der Waals surface area (Å²) in [6.45, 7) is -0.336. The Morgan fingerprint density at radius 3 is 2.47 bits per heavy atom. The van der Waals surface area contributed by atoms with Crippen molar-refractivity contribution >= 4 is 0 Å². The molecule has 1 fully saturated rings. The van der Waals surface area contributed by atoms with Crippen LogP contribution in [0, 0.1) is 0 Å². The molecule has 1 aliphatic heterocycles. The number of hydrogen-bond acceptors (Lipinski definition) is 6. The molecule has 1 aromatic rings. The molecule has 4 N–H and O–H groups in total. The number of benzene rings is 1. The second kappa shape index (κ2) is 6.42. The van der Waals surface area contributed by atoms with Gasteiger partial charge in [0.25, 0.3) is 0 Å². The molecule has 1 heterocycles. The van der Waals surface area contributed by atoms with Crippen LogP contribution in [0.15, 0.2) is 30.3 Å². The quantitative estimate of drug-likeness (QED) is 0.548. The molecular formula is C13H18O6. The van der Waals surface area contributed by atoms with Gasteiger partial charge in [-0.25, -0.2) is 0 Å². The van der Waals surface area contributed by atoms with Crippen LogP contribution in [0.3, 0.4) is 0 Å². The van der Waals surface area contributed by atoms with E-state index in [9.17, 15) is 15.3 Å². The average molecular weight is 270 g/mol. The molecule has 0 saturated carbocycles. The van der Waals surface area contributed by atoms with Crippen molar-refractivity contribution < 1.29 is 29.9 Å². The molecular weight excluding hydrogens is 252 g/mol. The second-order valence-corrected chi connectivity index (χ2v) is 4.50. The Hall–Kier alpha value is -1.02. The summed E-state index contributed by atoms with van der Waals surface area (Å²) < 4.78 is 10.6. The van der Waals surface area contributed by atoms with Crippen LogP contribution in [0.1, 0.15) is 5.56 Å². The van der Waals surface area contributed by atoms with E-state index in [2.05, 4.69) is 0 Å². The van der Waals surface area contributed by atoms with Crippen molar-refractivity contribution in [2.24, 2.45) is 0 Å². The first kappa shape index (κ1) is 14.4. The molecule has 0 amide bonds. The van der Waals surface area contributed by atoms with Crippen LogP contribution in [0.5, 0.6) is 0 Å². The van der Waals surface area contributed by atoms with Gasteiger partial charge >= 0.3 is 0 Å². The fourth-order valence-corrected chi connectivity index (χ4v) is 1.98. The molecule has 5 atom stereocenters. The highest BCUT2D eigenvalue weighted by Crippen LogP contribution is 2.25. The van der Waals surface area contributed by atoms with Gasteiger partial charge in [0.1, 0.15) is 24.4 Å². The van der Waals surface area contributed by atoms with Crippen LogP contribution in [0.4, 0.5) is 0 Å². The lowest BCUT2D eigenvalue weighted by Crippen LogP contribution is -2.40. The van der Waals surface area contributed by atoms with Crippen LogP contribution in [0.2, 0.25) is 0 Å². The monoisotopic (exact) mass is 270 g/mol. The van der Waals surface area contributed by atoms with Gasteiger partial charge in [-0.15, -0.1) is 0 Å². The maximum atomic E-state index is 9.76. The third-order valence-electron chi connectivity index (χ3n) is 3.08. The van der Waals surface area contributed by atoms with E-state index >= 15 is 0 Å². The lowest BCUT2D eigenvalue weighted by Gasteiger charge is -2.18. The zero-order valence-corrected chi connectivity index (χ0v) is 10.3. The average Bonchev–Trinajstić information content (AvgIpc) is 2.73. The minimum Gasteiger partial charge on any atom is -0.394 e. The summed E-state index contributed by atoms with van der Waals surface area (Å²) in [5.41, 5.74) is 0.902. The minimum atomic E-state index is -1.29. The number of aliphatic hydroxyl groups is 4. The van der Waals surface area contributed by atoms with Crippen molar-refractivity contribution in [3.63, 3.8) is 0 Å². The summed E-state index contributed by atoms with van der Waals surface area (Å²) in [6.07, 6.45) is -5.88. The molecule has 1 aliphatic rings. The van der Waals surface area contributed by atoms with Crippen molar-refractivity contribution in [1.29, 1.82) is 0 Å². The number of hydrogen-bond donors (Lipinski definition) is 4. The molecule has 6 nitrogen and oxygen atoms in total. The Bertz CT molecular complexity index is 384. The molecule has 6 heteroatoms. The summed E-state index contributed by atoms with van der Waals surface area (Å²) in [6, 6.07) is 9.31. The topological polar surface area (TPSA) is 99.4 Å². The molecule has 1 aromatic carbocycles. The molecule has 0 unspecified atom stereocenters. The molecule has 0 aliphatic carbocycles. The highest BCUT2D eigenvalue weighted by Gasteiger charge is 2.46. The third-order valence-corrected chi connectivity index (χ3v) is 3.08. The smallest absolute Gasteiger partial charge is 0.187 e. The van der Waals surface area contributed by atoms with Gasteiger partial charge in [-0.05, 0) is 5.56 Å². The van der Waals surface area contributed by atoms with Crippen molar-refractivity contribution in [3.05, 3.63) is 35.9 Å². The van der Waals surface area contributed by atoms with Crippen molar-refractivity contribution in [2.75, 3.05) is 6.61 Å². The van der Waals surface area contributed by atoms with Crippen molar-refractivity contribution in [3.8, 4) is 0 Å². The van der Waals surface area contributed by atoms with Crippen molar-refractivity contribution in [1.82, 2.24) is 0 Å². The summed E-state index contributed by atoms with van der Waals surface area (Å²) >= 11 is 0. The summed E-state index contributed by atoms with van der Waals surface area (Å²) in [4.78, 5) is 0. The maximum absolute atomic E-state index is 9.76. The molecule has 0 aromatic heterocycles. The van der Waals surface area contributed by atoms with Crippen LogP contribution in [-0.4, -0.2) is 57.7 Å². The van der Waals surface area contributed by atoms with Gasteiger partial charge in [0.05, 0.1) is 13.2 Å². The highest BCUT2D eigenvalue weighted by molar-refractivity contribution is 5.13. The fourth-order valence-electron chi connectivity index (χ4n) is 1.98. The van der Waals surface area contributed by atoms with E-state index in [1.165, 1.54) is 0 Å². The first-order valence-corrected chi connectivity index (χ1v) is 6.09. The first-order valence-electron chi connectivity index (χ1n) is 6.09. The van der Waals surface area contributed by atoms with E-state index in [-0.39, 0.29) is 6.61 Å². The largest absolute Gasteiger partial charge is 0.394 e. The van der Waals surface area contributed by atoms with Gasteiger partial charge < -0.3 is 29.9 Å². The van der Waals surface area contributed by atoms with E-state index in [4.69, 9.17) is 14.6 Å². The Balaban J connectivity index is 1.91. The minimum absolute atomic E-state index is 0.219. The SMILES string of the molecule is OC[C@@H](O)[C@@H]1O[C@H](OCc2ccccc2)[C@H](O)[C@H]1O. The Kier molecular flexibility index (Phi) is 4.87. The Morgan fingerprint density at radius 1 is 1.16 bits per heavy atom. The summed E-state index contributed by atoms with van der Waals surface area (Å²) in [7, 11) is 0. The zero-order chi connectivity index (χ0) is 13.8. The van der Waals surface area contributed by atoms with Gasteiger partial charge in [0.15, 0.2) is 6.29 Å². The van der Waals surface area contributed by atoms with Crippen LogP contribution >= 0.6 is 0 Å². The fraction of sp³-hybridized carbons (Fsp3) is 0.538. The maximum Gasteiger partial charge on any atom is 0.187 e. The van der Waals surface area contributed by atoms with Crippen LogP contribution in [0.25, 0.3) is 0 Å². The van der Waals surface area contributed by atoms with Crippen molar-refractivity contribution in [2.45, 2.75) is 37.3 Å². The van der Waals surface area contributed by atoms with Crippen LogP contribution in [-0.2, 0) is 16.1 Å². The molecule has 1 saturated heterocycles. The van der Waals surface area contributed by atoms with E-state index in [1.54, 1.807) is 0 Å². The van der Waals surface area contributed by atoms with E-state index in [0.29, 0.717) is 0 Å². The number of aliphatic hydroxyl groups excluding tert-OH is 4. The van der Waals surface area contributed by atoms with Gasteiger partial charge in [-0.2, -0.15) is 0 Å². The molecule has 19 heavy (non-hydrogen) atoms. The summed E-state index contributed by atoms with van der Waals surface area (Å²) in [5, 5.41) is 37.7. The normalized spacial score (nSPS) is 32.4. The Morgan fingerprint density at radius 2 is 1.84 bits per heavy atom. The lowest BCUT2D eigenvalue weighted by atomic mass is 10.1. The second-order valence-electron chi connectivity index (χ2n) is 4.50. The number of rotatable bonds is 5. The number of ether oxygens (including phenoxy) is 2. The first-order chi connectivity index (χ1) is 9.13. The predicted molar refractivity (Wildman–Crippen MR) is 65.0 cm³/mol.